The van der Waals surface area contributed by atoms with E-state index < -0.39 is 0 Å². The van der Waals surface area contributed by atoms with Gasteiger partial charge in [-0.3, -0.25) is 0 Å². The molecule has 94 valence electrons. The van der Waals surface area contributed by atoms with Crippen molar-refractivity contribution >= 4 is 11.3 Å². The van der Waals surface area contributed by atoms with Gasteiger partial charge in [0.25, 0.3) is 0 Å². The SMILES string of the molecule is Fc1ccc(-c2csc(CNCC3CC3)n2)cc1. The van der Waals surface area contributed by atoms with E-state index in [-0.39, 0.29) is 5.82 Å². The molecule has 0 atom stereocenters. The van der Waals surface area contributed by atoms with Gasteiger partial charge in [-0.1, -0.05) is 0 Å². The molecule has 1 aromatic carbocycles. The van der Waals surface area contributed by atoms with E-state index in [9.17, 15) is 4.39 Å². The Morgan fingerprint density at radius 2 is 2.06 bits per heavy atom. The van der Waals surface area contributed by atoms with Crippen molar-refractivity contribution in [3.8, 4) is 11.3 Å². The van der Waals surface area contributed by atoms with Crippen LogP contribution in [-0.4, -0.2) is 11.5 Å². The van der Waals surface area contributed by atoms with Crippen LogP contribution in [0.25, 0.3) is 11.3 Å². The molecule has 18 heavy (non-hydrogen) atoms. The third kappa shape index (κ3) is 2.94. The molecule has 0 aliphatic heterocycles. The second-order valence-corrected chi connectivity index (χ2v) is 5.65. The van der Waals surface area contributed by atoms with Crippen LogP contribution in [0.5, 0.6) is 0 Å². The predicted molar refractivity (Wildman–Crippen MR) is 71.9 cm³/mol. The molecular formula is C14H15FN2S. The normalized spacial score (nSPS) is 14.9. The third-order valence-electron chi connectivity index (χ3n) is 3.10. The Morgan fingerprint density at radius 1 is 1.28 bits per heavy atom. The zero-order chi connectivity index (χ0) is 12.4. The van der Waals surface area contributed by atoms with E-state index in [4.69, 9.17) is 0 Å². The summed E-state index contributed by atoms with van der Waals surface area (Å²) in [6.07, 6.45) is 2.73. The quantitative estimate of drug-likeness (QED) is 0.892. The van der Waals surface area contributed by atoms with Crippen LogP contribution in [0.3, 0.4) is 0 Å². The van der Waals surface area contributed by atoms with Gasteiger partial charge in [-0.05, 0) is 49.6 Å². The molecule has 0 saturated heterocycles. The molecule has 2 aromatic rings. The number of halogens is 1. The Bertz CT molecular complexity index is 517. The summed E-state index contributed by atoms with van der Waals surface area (Å²) in [5.41, 5.74) is 1.91. The fraction of sp³-hybridized carbons (Fsp3) is 0.357. The van der Waals surface area contributed by atoms with Crippen molar-refractivity contribution < 1.29 is 4.39 Å². The molecule has 0 radical (unpaired) electrons. The average Bonchev–Trinajstić information content (AvgIpc) is 3.08. The van der Waals surface area contributed by atoms with Crippen molar-refractivity contribution in [1.29, 1.82) is 0 Å². The largest absolute Gasteiger partial charge is 0.310 e. The van der Waals surface area contributed by atoms with E-state index in [1.54, 1.807) is 23.5 Å². The van der Waals surface area contributed by atoms with Gasteiger partial charge in [-0.2, -0.15) is 0 Å². The molecule has 4 heteroatoms. The van der Waals surface area contributed by atoms with Crippen LogP contribution in [-0.2, 0) is 6.54 Å². The number of nitrogens with zero attached hydrogens (tertiary/aromatic N) is 1. The lowest BCUT2D eigenvalue weighted by Gasteiger charge is -1.99. The van der Waals surface area contributed by atoms with Crippen LogP contribution < -0.4 is 5.32 Å². The molecule has 0 spiro atoms. The monoisotopic (exact) mass is 262 g/mol. The van der Waals surface area contributed by atoms with Gasteiger partial charge in [0.2, 0.25) is 0 Å². The van der Waals surface area contributed by atoms with E-state index in [1.807, 2.05) is 5.38 Å². The summed E-state index contributed by atoms with van der Waals surface area (Å²) in [6, 6.07) is 6.48. The van der Waals surface area contributed by atoms with Gasteiger partial charge in [0, 0.05) is 17.5 Å². The van der Waals surface area contributed by atoms with Crippen molar-refractivity contribution in [3.05, 3.63) is 40.5 Å². The van der Waals surface area contributed by atoms with Gasteiger partial charge in [-0.15, -0.1) is 11.3 Å². The zero-order valence-corrected chi connectivity index (χ0v) is 10.8. The molecular weight excluding hydrogens is 247 g/mol. The molecule has 1 aliphatic carbocycles. The minimum absolute atomic E-state index is 0.208. The van der Waals surface area contributed by atoms with Crippen molar-refractivity contribution in [1.82, 2.24) is 10.3 Å². The summed E-state index contributed by atoms with van der Waals surface area (Å²) in [5.74, 6) is 0.682. The van der Waals surface area contributed by atoms with E-state index in [0.717, 1.165) is 35.3 Å². The van der Waals surface area contributed by atoms with Crippen LogP contribution in [0, 0.1) is 11.7 Å². The molecule has 1 N–H and O–H groups in total. The van der Waals surface area contributed by atoms with Gasteiger partial charge in [0.1, 0.15) is 10.8 Å². The number of hydrogen-bond acceptors (Lipinski definition) is 3. The summed E-state index contributed by atoms with van der Waals surface area (Å²) >= 11 is 1.65. The molecule has 0 amide bonds. The molecule has 1 aliphatic rings. The van der Waals surface area contributed by atoms with Gasteiger partial charge in [-0.25, -0.2) is 9.37 Å². The highest BCUT2D eigenvalue weighted by atomic mass is 32.1. The first kappa shape index (κ1) is 11.8. The Hall–Kier alpha value is -1.26. The number of thiazole rings is 1. The van der Waals surface area contributed by atoms with Crippen molar-refractivity contribution in [2.75, 3.05) is 6.54 Å². The second-order valence-electron chi connectivity index (χ2n) is 4.71. The van der Waals surface area contributed by atoms with Crippen LogP contribution in [0.2, 0.25) is 0 Å². The van der Waals surface area contributed by atoms with Crippen LogP contribution in [0.4, 0.5) is 4.39 Å². The summed E-state index contributed by atoms with van der Waals surface area (Å²) in [4.78, 5) is 4.56. The van der Waals surface area contributed by atoms with Crippen molar-refractivity contribution in [2.45, 2.75) is 19.4 Å². The average molecular weight is 262 g/mol. The predicted octanol–water partition coefficient (Wildman–Crippen LogP) is 3.45. The van der Waals surface area contributed by atoms with E-state index in [1.165, 1.54) is 25.0 Å². The Morgan fingerprint density at radius 3 is 2.78 bits per heavy atom. The number of aromatic nitrogens is 1. The molecule has 1 saturated carbocycles. The topological polar surface area (TPSA) is 24.9 Å². The third-order valence-corrected chi connectivity index (χ3v) is 3.95. The molecule has 0 unspecified atom stereocenters. The Balaban J connectivity index is 1.62. The minimum Gasteiger partial charge on any atom is -0.310 e. The van der Waals surface area contributed by atoms with Crippen LogP contribution in [0.15, 0.2) is 29.6 Å². The maximum atomic E-state index is 12.8. The fourth-order valence-corrected chi connectivity index (χ4v) is 2.62. The first-order valence-electron chi connectivity index (χ1n) is 6.22. The second kappa shape index (κ2) is 5.16. The van der Waals surface area contributed by atoms with E-state index in [0.29, 0.717) is 0 Å². The number of nitrogens with one attached hydrogen (secondary N) is 1. The van der Waals surface area contributed by atoms with Gasteiger partial charge >= 0.3 is 0 Å². The van der Waals surface area contributed by atoms with Gasteiger partial charge < -0.3 is 5.32 Å². The summed E-state index contributed by atoms with van der Waals surface area (Å²) < 4.78 is 12.8. The highest BCUT2D eigenvalue weighted by Gasteiger charge is 2.20. The van der Waals surface area contributed by atoms with Crippen molar-refractivity contribution in [2.24, 2.45) is 5.92 Å². The molecule has 1 aromatic heterocycles. The molecule has 2 nitrogen and oxygen atoms in total. The number of hydrogen-bond donors (Lipinski definition) is 1. The zero-order valence-electron chi connectivity index (χ0n) is 10.0. The van der Waals surface area contributed by atoms with Crippen LogP contribution >= 0.6 is 11.3 Å². The molecule has 3 rings (SSSR count). The van der Waals surface area contributed by atoms with E-state index >= 15 is 0 Å². The van der Waals surface area contributed by atoms with Crippen LogP contribution in [0.1, 0.15) is 17.8 Å². The van der Waals surface area contributed by atoms with E-state index in [2.05, 4.69) is 10.3 Å². The maximum absolute atomic E-state index is 12.8. The summed E-state index contributed by atoms with van der Waals surface area (Å²) in [7, 11) is 0. The number of rotatable bonds is 5. The molecule has 1 heterocycles. The summed E-state index contributed by atoms with van der Waals surface area (Å²) in [6.45, 7) is 1.94. The number of benzene rings is 1. The maximum Gasteiger partial charge on any atom is 0.123 e. The Kier molecular flexibility index (Phi) is 3.39. The first-order chi connectivity index (χ1) is 8.81. The fourth-order valence-electron chi connectivity index (χ4n) is 1.85. The lowest BCUT2D eigenvalue weighted by atomic mass is 10.2. The lowest BCUT2D eigenvalue weighted by molar-refractivity contribution is 0.628. The Labute approximate surface area is 110 Å². The highest BCUT2D eigenvalue weighted by molar-refractivity contribution is 7.09. The van der Waals surface area contributed by atoms with Crippen molar-refractivity contribution in [3.63, 3.8) is 0 Å². The van der Waals surface area contributed by atoms with Gasteiger partial charge in [0.15, 0.2) is 0 Å². The van der Waals surface area contributed by atoms with Gasteiger partial charge in [0.05, 0.1) is 5.69 Å². The smallest absolute Gasteiger partial charge is 0.123 e. The molecule has 0 bridgehead atoms. The molecule has 1 fully saturated rings. The highest BCUT2D eigenvalue weighted by Crippen LogP contribution is 2.28. The lowest BCUT2D eigenvalue weighted by Crippen LogP contribution is -2.15. The standard InChI is InChI=1S/C14H15FN2S/c15-12-5-3-11(4-6-12)13-9-18-14(17-13)8-16-7-10-1-2-10/h3-6,9-10,16H,1-2,7-8H2. The summed E-state index contributed by atoms with van der Waals surface area (Å²) in [5, 5.41) is 6.55. The first-order valence-corrected chi connectivity index (χ1v) is 7.10. The minimum atomic E-state index is -0.208.